The number of carboxylic acids is 1. The van der Waals surface area contributed by atoms with Crippen LogP contribution in [0.2, 0.25) is 0 Å². The average molecular weight is 281 g/mol. The maximum atomic E-state index is 12.1. The maximum Gasteiger partial charge on any atom is 0.335 e. The van der Waals surface area contributed by atoms with E-state index in [-0.39, 0.29) is 17.5 Å². The minimum atomic E-state index is -0.992. The third-order valence-corrected chi connectivity index (χ3v) is 3.73. The molecule has 2 aromatic carbocycles. The fraction of sp³-hybridized carbons (Fsp3) is 0.176. The number of nitrogens with one attached hydrogen (secondary N) is 1. The Morgan fingerprint density at radius 1 is 0.952 bits per heavy atom. The van der Waals surface area contributed by atoms with Gasteiger partial charge in [0.05, 0.1) is 5.56 Å². The van der Waals surface area contributed by atoms with Crippen molar-refractivity contribution in [1.29, 1.82) is 0 Å². The first-order chi connectivity index (χ1) is 10.1. The van der Waals surface area contributed by atoms with Gasteiger partial charge in [0.1, 0.15) is 0 Å². The number of carboxylic acid groups (broad SMARTS) is 1. The van der Waals surface area contributed by atoms with Gasteiger partial charge in [-0.25, -0.2) is 4.79 Å². The molecule has 1 saturated carbocycles. The van der Waals surface area contributed by atoms with Crippen molar-refractivity contribution in [3.63, 3.8) is 0 Å². The van der Waals surface area contributed by atoms with E-state index in [1.807, 2.05) is 18.2 Å². The average Bonchev–Trinajstić information content (AvgIpc) is 3.27. The minimum Gasteiger partial charge on any atom is -0.478 e. The third kappa shape index (κ3) is 2.94. The molecule has 1 aliphatic carbocycles. The highest BCUT2D eigenvalue weighted by molar-refractivity contribution is 5.96. The molecule has 2 atom stereocenters. The van der Waals surface area contributed by atoms with E-state index in [0.717, 1.165) is 6.42 Å². The molecule has 2 aromatic rings. The Morgan fingerprint density at radius 3 is 2.19 bits per heavy atom. The second kappa shape index (κ2) is 5.40. The number of hydrogen-bond acceptors (Lipinski definition) is 2. The second-order valence-corrected chi connectivity index (χ2v) is 5.22. The normalized spacial score (nSPS) is 19.8. The summed E-state index contributed by atoms with van der Waals surface area (Å²) >= 11 is 0. The summed E-state index contributed by atoms with van der Waals surface area (Å²) in [6, 6.07) is 16.2. The van der Waals surface area contributed by atoms with Crippen molar-refractivity contribution in [2.45, 2.75) is 18.4 Å². The standard InChI is InChI=1S/C17H15NO3/c19-16(12-6-8-13(9-7-12)17(20)21)18-15-10-14(15)11-4-2-1-3-5-11/h1-9,14-15H,10H2,(H,18,19)(H,20,21). The molecule has 2 unspecified atom stereocenters. The molecular formula is C17H15NO3. The highest BCUT2D eigenvalue weighted by Crippen LogP contribution is 2.40. The summed E-state index contributed by atoms with van der Waals surface area (Å²) in [7, 11) is 0. The van der Waals surface area contributed by atoms with Crippen molar-refractivity contribution in [1.82, 2.24) is 5.32 Å². The topological polar surface area (TPSA) is 66.4 Å². The van der Waals surface area contributed by atoms with E-state index in [9.17, 15) is 9.59 Å². The third-order valence-electron chi connectivity index (χ3n) is 3.73. The van der Waals surface area contributed by atoms with E-state index in [0.29, 0.717) is 11.5 Å². The smallest absolute Gasteiger partial charge is 0.335 e. The molecule has 0 aromatic heterocycles. The quantitative estimate of drug-likeness (QED) is 0.905. The Morgan fingerprint density at radius 2 is 1.57 bits per heavy atom. The number of hydrogen-bond donors (Lipinski definition) is 2. The van der Waals surface area contributed by atoms with Gasteiger partial charge in [0.2, 0.25) is 0 Å². The molecule has 21 heavy (non-hydrogen) atoms. The van der Waals surface area contributed by atoms with E-state index < -0.39 is 5.97 Å². The zero-order valence-corrected chi connectivity index (χ0v) is 11.3. The molecule has 0 bridgehead atoms. The lowest BCUT2D eigenvalue weighted by Crippen LogP contribution is -2.26. The van der Waals surface area contributed by atoms with Gasteiger partial charge in [-0.15, -0.1) is 0 Å². The van der Waals surface area contributed by atoms with Crippen LogP contribution in [0.5, 0.6) is 0 Å². The Bertz CT molecular complexity index is 664. The van der Waals surface area contributed by atoms with Crippen LogP contribution in [-0.4, -0.2) is 23.0 Å². The summed E-state index contributed by atoms with van der Waals surface area (Å²) in [6.45, 7) is 0. The highest BCUT2D eigenvalue weighted by atomic mass is 16.4. The van der Waals surface area contributed by atoms with Crippen molar-refractivity contribution in [2.75, 3.05) is 0 Å². The van der Waals surface area contributed by atoms with Crippen molar-refractivity contribution >= 4 is 11.9 Å². The SMILES string of the molecule is O=C(O)c1ccc(C(=O)NC2CC2c2ccccc2)cc1. The van der Waals surface area contributed by atoms with Crippen molar-refractivity contribution < 1.29 is 14.7 Å². The lowest BCUT2D eigenvalue weighted by molar-refractivity contribution is 0.0696. The molecule has 0 aliphatic heterocycles. The second-order valence-electron chi connectivity index (χ2n) is 5.22. The fourth-order valence-corrected chi connectivity index (χ4v) is 2.44. The predicted molar refractivity (Wildman–Crippen MR) is 78.5 cm³/mol. The number of amides is 1. The van der Waals surface area contributed by atoms with Crippen molar-refractivity contribution in [3.8, 4) is 0 Å². The van der Waals surface area contributed by atoms with Gasteiger partial charge in [-0.2, -0.15) is 0 Å². The number of rotatable bonds is 4. The Balaban J connectivity index is 1.62. The van der Waals surface area contributed by atoms with E-state index in [2.05, 4.69) is 17.4 Å². The minimum absolute atomic E-state index is 0.157. The maximum absolute atomic E-state index is 12.1. The molecule has 1 fully saturated rings. The molecule has 4 nitrogen and oxygen atoms in total. The van der Waals surface area contributed by atoms with Crippen LogP contribution < -0.4 is 5.32 Å². The summed E-state index contributed by atoms with van der Waals surface area (Å²) < 4.78 is 0. The molecule has 0 spiro atoms. The van der Waals surface area contributed by atoms with Gasteiger partial charge in [-0.1, -0.05) is 30.3 Å². The van der Waals surface area contributed by atoms with Crippen LogP contribution in [0.1, 0.15) is 38.6 Å². The predicted octanol–water partition coefficient (Wildman–Crippen LogP) is 2.67. The van der Waals surface area contributed by atoms with Gasteiger partial charge in [0, 0.05) is 17.5 Å². The monoisotopic (exact) mass is 281 g/mol. The summed E-state index contributed by atoms with van der Waals surface area (Å²) in [5.74, 6) is -0.767. The van der Waals surface area contributed by atoms with E-state index in [1.165, 1.54) is 17.7 Å². The van der Waals surface area contributed by atoms with Gasteiger partial charge < -0.3 is 10.4 Å². The van der Waals surface area contributed by atoms with Crippen molar-refractivity contribution in [2.24, 2.45) is 0 Å². The van der Waals surface area contributed by atoms with E-state index >= 15 is 0 Å². The molecule has 1 aliphatic rings. The van der Waals surface area contributed by atoms with Gasteiger partial charge in [0.25, 0.3) is 5.91 Å². The van der Waals surface area contributed by atoms with Crippen LogP contribution in [0.25, 0.3) is 0 Å². The summed E-state index contributed by atoms with van der Waals surface area (Å²) in [6.07, 6.45) is 0.947. The first-order valence-corrected chi connectivity index (χ1v) is 6.84. The Hall–Kier alpha value is -2.62. The number of benzene rings is 2. The molecule has 4 heteroatoms. The number of aromatic carboxylic acids is 1. The summed E-state index contributed by atoms with van der Waals surface area (Å²) in [5.41, 5.74) is 1.91. The Labute approximate surface area is 122 Å². The first kappa shape index (κ1) is 13.4. The lowest BCUT2D eigenvalue weighted by Gasteiger charge is -2.05. The van der Waals surface area contributed by atoms with Crippen LogP contribution >= 0.6 is 0 Å². The molecular weight excluding hydrogens is 266 g/mol. The first-order valence-electron chi connectivity index (χ1n) is 6.84. The van der Waals surface area contributed by atoms with Crippen LogP contribution in [0.4, 0.5) is 0 Å². The summed E-state index contributed by atoms with van der Waals surface area (Å²) in [4.78, 5) is 22.9. The van der Waals surface area contributed by atoms with Crippen LogP contribution in [0, 0.1) is 0 Å². The zero-order chi connectivity index (χ0) is 14.8. The molecule has 0 radical (unpaired) electrons. The molecule has 1 amide bonds. The van der Waals surface area contributed by atoms with Gasteiger partial charge in [-0.3, -0.25) is 4.79 Å². The molecule has 2 N–H and O–H groups in total. The molecule has 0 saturated heterocycles. The Kier molecular flexibility index (Phi) is 3.44. The van der Waals surface area contributed by atoms with E-state index in [1.54, 1.807) is 12.1 Å². The molecule has 3 rings (SSSR count). The molecule has 106 valence electrons. The van der Waals surface area contributed by atoms with Gasteiger partial charge in [-0.05, 0) is 36.2 Å². The number of carbonyl (C=O) groups excluding carboxylic acids is 1. The van der Waals surface area contributed by atoms with Gasteiger partial charge >= 0.3 is 5.97 Å². The zero-order valence-electron chi connectivity index (χ0n) is 11.3. The summed E-state index contributed by atoms with van der Waals surface area (Å²) in [5, 5.41) is 11.8. The highest BCUT2D eigenvalue weighted by Gasteiger charge is 2.39. The van der Waals surface area contributed by atoms with E-state index in [4.69, 9.17) is 5.11 Å². The molecule has 0 heterocycles. The fourth-order valence-electron chi connectivity index (χ4n) is 2.44. The van der Waals surface area contributed by atoms with Crippen LogP contribution in [0.3, 0.4) is 0 Å². The van der Waals surface area contributed by atoms with Crippen LogP contribution in [0.15, 0.2) is 54.6 Å². The van der Waals surface area contributed by atoms with Crippen LogP contribution in [-0.2, 0) is 0 Å². The number of carbonyl (C=O) groups is 2. The van der Waals surface area contributed by atoms with Crippen molar-refractivity contribution in [3.05, 3.63) is 71.3 Å². The largest absolute Gasteiger partial charge is 0.478 e. The van der Waals surface area contributed by atoms with Gasteiger partial charge in [0.15, 0.2) is 0 Å². The lowest BCUT2D eigenvalue weighted by atomic mass is 10.1.